The number of halogens is 3. The van der Waals surface area contributed by atoms with Gasteiger partial charge >= 0.3 is 0 Å². The quantitative estimate of drug-likeness (QED) is 0.728. The van der Waals surface area contributed by atoms with E-state index in [-0.39, 0.29) is 11.1 Å². The highest BCUT2D eigenvalue weighted by Gasteiger charge is 2.19. The fraction of sp³-hybridized carbons (Fsp3) is 0.429. The summed E-state index contributed by atoms with van der Waals surface area (Å²) in [4.78, 5) is 0. The van der Waals surface area contributed by atoms with Crippen molar-refractivity contribution >= 4 is 38.5 Å². The number of nitrogens with one attached hydrogen (secondary N) is 1. The van der Waals surface area contributed by atoms with Gasteiger partial charge in [0.1, 0.15) is 5.76 Å². The molecule has 0 radical (unpaired) electrons. The van der Waals surface area contributed by atoms with Gasteiger partial charge in [0.2, 0.25) is 0 Å². The van der Waals surface area contributed by atoms with Crippen LogP contribution in [0.2, 0.25) is 5.02 Å². The molecule has 104 valence electrons. The monoisotopic (exact) mass is 347 g/mol. The second-order valence-electron chi connectivity index (χ2n) is 4.46. The highest BCUT2D eigenvalue weighted by Crippen LogP contribution is 2.35. The van der Waals surface area contributed by atoms with Crippen molar-refractivity contribution in [2.75, 3.05) is 6.54 Å². The Bertz CT molecular complexity index is 584. The molecule has 19 heavy (non-hydrogen) atoms. The van der Waals surface area contributed by atoms with Crippen LogP contribution in [0.3, 0.4) is 0 Å². The summed E-state index contributed by atoms with van der Waals surface area (Å²) in [6.07, 6.45) is 1.92. The molecule has 0 amide bonds. The predicted octanol–water partition coefficient (Wildman–Crippen LogP) is 5.44. The third-order valence-corrected chi connectivity index (χ3v) is 3.92. The second-order valence-corrected chi connectivity index (χ2v) is 5.72. The molecule has 0 aliphatic rings. The average Bonchev–Trinajstić information content (AvgIpc) is 2.83. The van der Waals surface area contributed by atoms with Crippen LogP contribution in [0.15, 0.2) is 21.0 Å². The van der Waals surface area contributed by atoms with Crippen LogP contribution in [-0.4, -0.2) is 6.54 Å². The van der Waals surface area contributed by atoms with Crippen molar-refractivity contribution < 1.29 is 8.81 Å². The van der Waals surface area contributed by atoms with Gasteiger partial charge in [0.25, 0.3) is 0 Å². The lowest BCUT2D eigenvalue weighted by molar-refractivity contribution is 0.420. The normalized spacial score (nSPS) is 13.1. The molecule has 2 rings (SSSR count). The van der Waals surface area contributed by atoms with E-state index in [2.05, 4.69) is 35.1 Å². The SMILES string of the molecule is CCCNC(CC)c1cc2c(F)c(Cl)cc(Br)c2o1. The molecule has 2 aromatic rings. The fourth-order valence-electron chi connectivity index (χ4n) is 2.06. The fourth-order valence-corrected chi connectivity index (χ4v) is 2.92. The minimum atomic E-state index is -0.430. The minimum Gasteiger partial charge on any atom is -0.458 e. The van der Waals surface area contributed by atoms with Crippen molar-refractivity contribution in [2.24, 2.45) is 0 Å². The smallest absolute Gasteiger partial charge is 0.152 e. The van der Waals surface area contributed by atoms with Gasteiger partial charge < -0.3 is 9.73 Å². The molecule has 5 heteroatoms. The number of hydrogen-bond donors (Lipinski definition) is 1. The maximum atomic E-state index is 14.0. The Morgan fingerprint density at radius 3 is 2.79 bits per heavy atom. The summed E-state index contributed by atoms with van der Waals surface area (Å²) in [7, 11) is 0. The number of benzene rings is 1. The van der Waals surface area contributed by atoms with Crippen molar-refractivity contribution in [1.82, 2.24) is 5.32 Å². The summed E-state index contributed by atoms with van der Waals surface area (Å²) in [5, 5.41) is 3.91. The first kappa shape index (κ1) is 14.8. The third-order valence-electron chi connectivity index (χ3n) is 3.06. The standard InChI is InChI=1S/C14H16BrClFNO/c1-3-5-18-11(4-2)12-6-8-13(17)10(16)7-9(15)14(8)19-12/h6-7,11,18H,3-5H2,1-2H3. The number of furan rings is 1. The van der Waals surface area contributed by atoms with Crippen molar-refractivity contribution in [1.29, 1.82) is 0 Å². The van der Waals surface area contributed by atoms with Gasteiger partial charge in [-0.25, -0.2) is 4.39 Å². The van der Waals surface area contributed by atoms with Gasteiger partial charge in [-0.15, -0.1) is 0 Å². The maximum Gasteiger partial charge on any atom is 0.152 e. The topological polar surface area (TPSA) is 25.2 Å². The van der Waals surface area contributed by atoms with Crippen molar-refractivity contribution in [3.63, 3.8) is 0 Å². The molecular formula is C14H16BrClFNO. The van der Waals surface area contributed by atoms with E-state index in [0.29, 0.717) is 15.4 Å². The Hall–Kier alpha value is -0.580. The molecule has 0 fully saturated rings. The van der Waals surface area contributed by atoms with E-state index in [1.807, 2.05) is 0 Å². The predicted molar refractivity (Wildman–Crippen MR) is 80.2 cm³/mol. The molecule has 0 aliphatic carbocycles. The van der Waals surface area contributed by atoms with Crippen molar-refractivity contribution in [3.8, 4) is 0 Å². The van der Waals surface area contributed by atoms with Crippen molar-refractivity contribution in [3.05, 3.63) is 33.2 Å². The molecule has 1 heterocycles. The molecule has 0 aliphatic heterocycles. The van der Waals surface area contributed by atoms with E-state index in [0.717, 1.165) is 25.1 Å². The molecule has 1 aromatic carbocycles. The highest BCUT2D eigenvalue weighted by molar-refractivity contribution is 9.10. The van der Waals surface area contributed by atoms with Gasteiger partial charge in [0.05, 0.1) is 20.9 Å². The van der Waals surface area contributed by atoms with E-state index in [1.165, 1.54) is 6.07 Å². The van der Waals surface area contributed by atoms with Gasteiger partial charge in [-0.3, -0.25) is 0 Å². The first-order chi connectivity index (χ1) is 9.08. The summed E-state index contributed by atoms with van der Waals surface area (Å²) in [6.45, 7) is 5.08. The lowest BCUT2D eigenvalue weighted by atomic mass is 10.1. The Labute approximate surface area is 125 Å². The summed E-state index contributed by atoms with van der Waals surface area (Å²) in [6, 6.07) is 3.35. The summed E-state index contributed by atoms with van der Waals surface area (Å²) >= 11 is 9.19. The zero-order valence-corrected chi connectivity index (χ0v) is 13.2. The summed E-state index contributed by atoms with van der Waals surface area (Å²) in [5.74, 6) is 0.313. The largest absolute Gasteiger partial charge is 0.458 e. The molecule has 0 saturated heterocycles. The molecular weight excluding hydrogens is 333 g/mol. The van der Waals surface area contributed by atoms with Crippen LogP contribution in [0.25, 0.3) is 11.0 Å². The van der Waals surface area contributed by atoms with Crippen LogP contribution < -0.4 is 5.32 Å². The summed E-state index contributed by atoms with van der Waals surface area (Å²) in [5.41, 5.74) is 0.508. The number of fused-ring (bicyclic) bond motifs is 1. The van der Waals surface area contributed by atoms with Crippen LogP contribution >= 0.6 is 27.5 Å². The maximum absolute atomic E-state index is 14.0. The molecule has 2 nitrogen and oxygen atoms in total. The molecule has 1 unspecified atom stereocenters. The molecule has 0 spiro atoms. The third kappa shape index (κ3) is 2.96. The van der Waals surface area contributed by atoms with Crippen molar-refractivity contribution in [2.45, 2.75) is 32.7 Å². The average molecular weight is 349 g/mol. The number of rotatable bonds is 5. The minimum absolute atomic E-state index is 0.0948. The number of hydrogen-bond acceptors (Lipinski definition) is 2. The van der Waals surface area contributed by atoms with Gasteiger partial charge in [0, 0.05) is 0 Å². The van der Waals surface area contributed by atoms with E-state index >= 15 is 0 Å². The first-order valence-electron chi connectivity index (χ1n) is 6.38. The molecule has 1 atom stereocenters. The Morgan fingerprint density at radius 2 is 2.16 bits per heavy atom. The zero-order valence-electron chi connectivity index (χ0n) is 10.9. The lowest BCUT2D eigenvalue weighted by Gasteiger charge is -2.13. The van der Waals surface area contributed by atoms with Crippen LogP contribution in [0.5, 0.6) is 0 Å². The van der Waals surface area contributed by atoms with Crippen LogP contribution in [0.1, 0.15) is 38.5 Å². The Kier molecular flexibility index (Phi) is 4.87. The van der Waals surface area contributed by atoms with Crippen LogP contribution in [0.4, 0.5) is 4.39 Å². The molecule has 1 N–H and O–H groups in total. The van der Waals surface area contributed by atoms with Crippen LogP contribution in [0, 0.1) is 5.82 Å². The van der Waals surface area contributed by atoms with Gasteiger partial charge in [-0.2, -0.15) is 0 Å². The Morgan fingerprint density at radius 1 is 1.42 bits per heavy atom. The Balaban J connectivity index is 2.45. The molecule has 1 aromatic heterocycles. The zero-order chi connectivity index (χ0) is 14.0. The second kappa shape index (κ2) is 6.25. The van der Waals surface area contributed by atoms with E-state index in [9.17, 15) is 4.39 Å². The van der Waals surface area contributed by atoms with E-state index < -0.39 is 5.82 Å². The van der Waals surface area contributed by atoms with Gasteiger partial charge in [0.15, 0.2) is 11.4 Å². The molecule has 0 bridgehead atoms. The van der Waals surface area contributed by atoms with E-state index in [1.54, 1.807) is 6.07 Å². The molecule has 0 saturated carbocycles. The van der Waals surface area contributed by atoms with Gasteiger partial charge in [-0.1, -0.05) is 25.4 Å². The van der Waals surface area contributed by atoms with Crippen LogP contribution in [-0.2, 0) is 0 Å². The lowest BCUT2D eigenvalue weighted by Crippen LogP contribution is -2.20. The summed E-state index contributed by atoms with van der Waals surface area (Å²) < 4.78 is 20.4. The highest BCUT2D eigenvalue weighted by atomic mass is 79.9. The van der Waals surface area contributed by atoms with Gasteiger partial charge in [-0.05, 0) is 47.4 Å². The van der Waals surface area contributed by atoms with E-state index in [4.69, 9.17) is 16.0 Å². The first-order valence-corrected chi connectivity index (χ1v) is 7.55.